The fourth-order valence-corrected chi connectivity index (χ4v) is 2.74. The highest BCUT2D eigenvalue weighted by Gasteiger charge is 2.13. The second-order valence-electron chi connectivity index (χ2n) is 4.88. The van der Waals surface area contributed by atoms with Crippen LogP contribution in [0.2, 0.25) is 0 Å². The third-order valence-electron chi connectivity index (χ3n) is 3.48. The Labute approximate surface area is 112 Å². The largest absolute Gasteiger partial charge is 0.316 e. The van der Waals surface area contributed by atoms with Crippen molar-refractivity contribution in [2.75, 3.05) is 26.2 Å². The SMILES string of the molecule is Cc1ccc(Br)cc1CCNCC1CCNC1. The van der Waals surface area contributed by atoms with Gasteiger partial charge in [0.25, 0.3) is 0 Å². The zero-order valence-corrected chi connectivity index (χ0v) is 12.0. The van der Waals surface area contributed by atoms with Crippen LogP contribution in [0.15, 0.2) is 22.7 Å². The van der Waals surface area contributed by atoms with Crippen molar-refractivity contribution in [1.29, 1.82) is 0 Å². The molecular weight excluding hydrogens is 276 g/mol. The van der Waals surface area contributed by atoms with Gasteiger partial charge in [0.1, 0.15) is 0 Å². The topological polar surface area (TPSA) is 24.1 Å². The van der Waals surface area contributed by atoms with Crippen molar-refractivity contribution < 1.29 is 0 Å². The average Bonchev–Trinajstić information content (AvgIpc) is 2.82. The van der Waals surface area contributed by atoms with E-state index in [2.05, 4.69) is 51.7 Å². The third-order valence-corrected chi connectivity index (χ3v) is 3.97. The Bertz CT molecular complexity index is 359. The van der Waals surface area contributed by atoms with Crippen LogP contribution in [0.25, 0.3) is 0 Å². The van der Waals surface area contributed by atoms with Gasteiger partial charge in [-0.3, -0.25) is 0 Å². The van der Waals surface area contributed by atoms with Crippen molar-refractivity contribution in [2.24, 2.45) is 5.92 Å². The van der Waals surface area contributed by atoms with Crippen molar-refractivity contribution in [3.63, 3.8) is 0 Å². The normalized spacial score (nSPS) is 19.8. The van der Waals surface area contributed by atoms with Crippen LogP contribution in [-0.4, -0.2) is 26.2 Å². The molecule has 0 bridgehead atoms. The maximum atomic E-state index is 3.57. The molecule has 1 aliphatic rings. The first-order valence-electron chi connectivity index (χ1n) is 6.42. The molecule has 0 aliphatic carbocycles. The van der Waals surface area contributed by atoms with Crippen LogP contribution in [0.5, 0.6) is 0 Å². The van der Waals surface area contributed by atoms with E-state index in [1.807, 2.05) is 0 Å². The minimum atomic E-state index is 0.832. The first-order valence-corrected chi connectivity index (χ1v) is 7.21. The third kappa shape index (κ3) is 4.09. The molecule has 2 rings (SSSR count). The summed E-state index contributed by atoms with van der Waals surface area (Å²) in [6, 6.07) is 6.52. The first kappa shape index (κ1) is 13.1. The molecule has 1 aliphatic heterocycles. The molecule has 1 saturated heterocycles. The van der Waals surface area contributed by atoms with Crippen molar-refractivity contribution in [3.05, 3.63) is 33.8 Å². The van der Waals surface area contributed by atoms with E-state index in [1.165, 1.54) is 35.1 Å². The van der Waals surface area contributed by atoms with E-state index in [0.29, 0.717) is 0 Å². The molecule has 2 N–H and O–H groups in total. The van der Waals surface area contributed by atoms with E-state index in [9.17, 15) is 0 Å². The number of nitrogens with one attached hydrogen (secondary N) is 2. The predicted molar refractivity (Wildman–Crippen MR) is 76.4 cm³/mol. The molecule has 1 fully saturated rings. The van der Waals surface area contributed by atoms with Crippen LogP contribution >= 0.6 is 15.9 Å². The summed E-state index contributed by atoms with van der Waals surface area (Å²) < 4.78 is 1.18. The molecule has 0 radical (unpaired) electrons. The van der Waals surface area contributed by atoms with E-state index >= 15 is 0 Å². The number of hydrogen-bond donors (Lipinski definition) is 2. The van der Waals surface area contributed by atoms with Gasteiger partial charge in [-0.05, 0) is 75.1 Å². The van der Waals surface area contributed by atoms with Gasteiger partial charge in [-0.1, -0.05) is 22.0 Å². The van der Waals surface area contributed by atoms with Crippen molar-refractivity contribution >= 4 is 15.9 Å². The van der Waals surface area contributed by atoms with Crippen molar-refractivity contribution in [1.82, 2.24) is 10.6 Å². The van der Waals surface area contributed by atoms with Gasteiger partial charge < -0.3 is 10.6 Å². The molecule has 0 aromatic heterocycles. The lowest BCUT2D eigenvalue weighted by atomic mass is 10.1. The maximum absolute atomic E-state index is 3.57. The Hall–Kier alpha value is -0.380. The van der Waals surface area contributed by atoms with Gasteiger partial charge in [0, 0.05) is 4.47 Å². The van der Waals surface area contributed by atoms with Gasteiger partial charge in [0.05, 0.1) is 0 Å². The highest BCUT2D eigenvalue weighted by Crippen LogP contribution is 2.16. The number of halogens is 1. The van der Waals surface area contributed by atoms with Gasteiger partial charge in [-0.2, -0.15) is 0 Å². The monoisotopic (exact) mass is 296 g/mol. The number of benzene rings is 1. The average molecular weight is 297 g/mol. The number of hydrogen-bond acceptors (Lipinski definition) is 2. The zero-order chi connectivity index (χ0) is 12.1. The lowest BCUT2D eigenvalue weighted by molar-refractivity contribution is 0.515. The Balaban J connectivity index is 1.72. The first-order chi connectivity index (χ1) is 8.25. The Morgan fingerprint density at radius 2 is 2.35 bits per heavy atom. The summed E-state index contributed by atoms with van der Waals surface area (Å²) >= 11 is 3.53. The van der Waals surface area contributed by atoms with E-state index < -0.39 is 0 Å². The summed E-state index contributed by atoms with van der Waals surface area (Å²) in [7, 11) is 0. The quantitative estimate of drug-likeness (QED) is 0.816. The Morgan fingerprint density at radius 3 is 3.12 bits per heavy atom. The minimum absolute atomic E-state index is 0.832. The van der Waals surface area contributed by atoms with Crippen LogP contribution in [0.4, 0.5) is 0 Å². The lowest BCUT2D eigenvalue weighted by Crippen LogP contribution is -2.26. The van der Waals surface area contributed by atoms with E-state index in [4.69, 9.17) is 0 Å². The Morgan fingerprint density at radius 1 is 1.47 bits per heavy atom. The van der Waals surface area contributed by atoms with E-state index in [-0.39, 0.29) is 0 Å². The van der Waals surface area contributed by atoms with E-state index in [0.717, 1.165) is 25.4 Å². The standard InChI is InChI=1S/C14H21BrN2/c1-11-2-3-14(15)8-13(11)5-7-17-10-12-4-6-16-9-12/h2-3,8,12,16-17H,4-7,9-10H2,1H3. The molecule has 17 heavy (non-hydrogen) atoms. The fraction of sp³-hybridized carbons (Fsp3) is 0.571. The van der Waals surface area contributed by atoms with Gasteiger partial charge in [-0.15, -0.1) is 0 Å². The lowest BCUT2D eigenvalue weighted by Gasteiger charge is -2.11. The van der Waals surface area contributed by atoms with Gasteiger partial charge in [0.2, 0.25) is 0 Å². The molecule has 1 aromatic rings. The summed E-state index contributed by atoms with van der Waals surface area (Å²) in [6.45, 7) is 6.79. The maximum Gasteiger partial charge on any atom is 0.0178 e. The van der Waals surface area contributed by atoms with Crippen molar-refractivity contribution in [3.8, 4) is 0 Å². The smallest absolute Gasteiger partial charge is 0.0178 e. The Kier molecular flexibility index (Phi) is 5.01. The van der Waals surface area contributed by atoms with Crippen LogP contribution in [0.1, 0.15) is 17.5 Å². The highest BCUT2D eigenvalue weighted by molar-refractivity contribution is 9.10. The highest BCUT2D eigenvalue weighted by atomic mass is 79.9. The summed E-state index contributed by atoms with van der Waals surface area (Å²) in [5.41, 5.74) is 2.83. The summed E-state index contributed by atoms with van der Waals surface area (Å²) in [5.74, 6) is 0.832. The molecule has 0 spiro atoms. The number of rotatable bonds is 5. The predicted octanol–water partition coefficient (Wildman–Crippen LogP) is 2.50. The second kappa shape index (κ2) is 6.53. The molecule has 1 heterocycles. The molecule has 0 amide bonds. The summed E-state index contributed by atoms with van der Waals surface area (Å²) in [5, 5.41) is 6.97. The molecule has 1 unspecified atom stereocenters. The molecule has 0 saturated carbocycles. The molecular formula is C14H21BrN2. The van der Waals surface area contributed by atoms with Crippen molar-refractivity contribution in [2.45, 2.75) is 19.8 Å². The van der Waals surface area contributed by atoms with Gasteiger partial charge in [-0.25, -0.2) is 0 Å². The second-order valence-corrected chi connectivity index (χ2v) is 5.80. The van der Waals surface area contributed by atoms with Crippen LogP contribution < -0.4 is 10.6 Å². The molecule has 94 valence electrons. The molecule has 3 heteroatoms. The van der Waals surface area contributed by atoms with Gasteiger partial charge >= 0.3 is 0 Å². The molecule has 1 atom stereocenters. The minimum Gasteiger partial charge on any atom is -0.316 e. The van der Waals surface area contributed by atoms with Crippen LogP contribution in [0, 0.1) is 12.8 Å². The molecule has 2 nitrogen and oxygen atoms in total. The number of aryl methyl sites for hydroxylation is 1. The van der Waals surface area contributed by atoms with E-state index in [1.54, 1.807) is 0 Å². The zero-order valence-electron chi connectivity index (χ0n) is 10.4. The summed E-state index contributed by atoms with van der Waals surface area (Å²) in [4.78, 5) is 0. The summed E-state index contributed by atoms with van der Waals surface area (Å²) in [6.07, 6.45) is 2.44. The fourth-order valence-electron chi connectivity index (χ4n) is 2.33. The molecule has 1 aromatic carbocycles. The van der Waals surface area contributed by atoms with Crippen LogP contribution in [-0.2, 0) is 6.42 Å². The van der Waals surface area contributed by atoms with Crippen LogP contribution in [0.3, 0.4) is 0 Å². The van der Waals surface area contributed by atoms with Gasteiger partial charge in [0.15, 0.2) is 0 Å².